The summed E-state index contributed by atoms with van der Waals surface area (Å²) in [6.45, 7) is 1.97. The summed E-state index contributed by atoms with van der Waals surface area (Å²) < 4.78 is 1.88. The minimum atomic E-state index is -0.883. The lowest BCUT2D eigenvalue weighted by Crippen LogP contribution is -2.44. The molecule has 1 unspecified atom stereocenters. The van der Waals surface area contributed by atoms with Gasteiger partial charge >= 0.3 is 6.03 Å². The third kappa shape index (κ3) is 2.94. The first-order valence-electron chi connectivity index (χ1n) is 8.66. The number of nitrogens with zero attached hydrogens (tertiary/aromatic N) is 3. The molecule has 0 radical (unpaired) electrons. The Bertz CT molecular complexity index is 933. The number of pyridine rings is 1. The van der Waals surface area contributed by atoms with E-state index in [4.69, 9.17) is 0 Å². The molecular weight excluding hydrogens is 328 g/mol. The summed E-state index contributed by atoms with van der Waals surface area (Å²) in [5.74, 6) is -0.199. The zero-order valence-electron chi connectivity index (χ0n) is 14.6. The van der Waals surface area contributed by atoms with E-state index in [2.05, 4.69) is 10.3 Å². The third-order valence-electron chi connectivity index (χ3n) is 4.84. The van der Waals surface area contributed by atoms with Gasteiger partial charge in [0.25, 0.3) is 5.91 Å². The summed E-state index contributed by atoms with van der Waals surface area (Å²) in [6.07, 6.45) is 5.02. The smallest absolute Gasteiger partial charge is 0.323 e. The largest absolute Gasteiger partial charge is 0.325 e. The van der Waals surface area contributed by atoms with E-state index >= 15 is 0 Å². The van der Waals surface area contributed by atoms with Crippen LogP contribution in [0, 0.1) is 0 Å². The van der Waals surface area contributed by atoms with Gasteiger partial charge in [-0.1, -0.05) is 36.4 Å². The number of urea groups is 1. The zero-order valence-corrected chi connectivity index (χ0v) is 14.6. The maximum Gasteiger partial charge on any atom is 0.325 e. The third-order valence-corrected chi connectivity index (χ3v) is 4.84. The molecule has 1 aliphatic heterocycles. The van der Waals surface area contributed by atoms with Crippen LogP contribution in [0.4, 0.5) is 4.79 Å². The first-order valence-corrected chi connectivity index (χ1v) is 8.66. The van der Waals surface area contributed by atoms with Crippen LogP contribution in [0.2, 0.25) is 0 Å². The van der Waals surface area contributed by atoms with Crippen molar-refractivity contribution in [1.82, 2.24) is 19.6 Å². The number of aromatic nitrogens is 2. The summed E-state index contributed by atoms with van der Waals surface area (Å²) >= 11 is 0. The van der Waals surface area contributed by atoms with Gasteiger partial charge in [0.2, 0.25) is 0 Å². The molecule has 1 aliphatic rings. The Morgan fingerprint density at radius 3 is 2.62 bits per heavy atom. The molecular formula is C20H20N4O2. The van der Waals surface area contributed by atoms with Crippen molar-refractivity contribution in [2.45, 2.75) is 31.8 Å². The molecule has 0 aliphatic carbocycles. The number of nitrogens with one attached hydrogen (secondary N) is 1. The molecule has 1 N–H and O–H groups in total. The molecule has 4 rings (SSSR count). The summed E-state index contributed by atoms with van der Waals surface area (Å²) in [4.78, 5) is 31.0. The van der Waals surface area contributed by atoms with Crippen molar-refractivity contribution in [3.8, 4) is 0 Å². The van der Waals surface area contributed by atoms with Crippen molar-refractivity contribution < 1.29 is 9.59 Å². The fourth-order valence-electron chi connectivity index (χ4n) is 3.32. The number of imide groups is 1. The maximum absolute atomic E-state index is 12.9. The lowest BCUT2D eigenvalue weighted by atomic mass is 9.93. The Morgan fingerprint density at radius 1 is 1.08 bits per heavy atom. The highest BCUT2D eigenvalue weighted by atomic mass is 16.2. The highest BCUT2D eigenvalue weighted by Crippen LogP contribution is 2.24. The molecule has 6 nitrogen and oxygen atoms in total. The number of imidazole rings is 1. The van der Waals surface area contributed by atoms with E-state index in [1.54, 1.807) is 6.92 Å². The second-order valence-electron chi connectivity index (χ2n) is 6.84. The van der Waals surface area contributed by atoms with E-state index in [0.29, 0.717) is 12.1 Å². The molecule has 0 spiro atoms. The van der Waals surface area contributed by atoms with Gasteiger partial charge in [-0.15, -0.1) is 0 Å². The van der Waals surface area contributed by atoms with Gasteiger partial charge in [-0.25, -0.2) is 9.78 Å². The highest BCUT2D eigenvalue weighted by molar-refractivity contribution is 6.06. The lowest BCUT2D eigenvalue weighted by molar-refractivity contribution is -0.131. The fraction of sp³-hybridized carbons (Fsp3) is 0.250. The molecule has 6 heteroatoms. The van der Waals surface area contributed by atoms with Gasteiger partial charge in [0.1, 0.15) is 11.2 Å². The summed E-state index contributed by atoms with van der Waals surface area (Å²) in [5.41, 5.74) is 1.74. The molecule has 26 heavy (non-hydrogen) atoms. The van der Waals surface area contributed by atoms with Crippen LogP contribution in [0.15, 0.2) is 60.9 Å². The van der Waals surface area contributed by atoms with Crippen LogP contribution in [0.3, 0.4) is 0 Å². The van der Waals surface area contributed by atoms with Crippen LogP contribution in [0.5, 0.6) is 0 Å². The highest BCUT2D eigenvalue weighted by Gasteiger charge is 2.47. The van der Waals surface area contributed by atoms with E-state index in [9.17, 15) is 9.59 Å². The quantitative estimate of drug-likeness (QED) is 0.721. The molecule has 2 aromatic heterocycles. The molecule has 3 amide bonds. The summed E-state index contributed by atoms with van der Waals surface area (Å²) in [6, 6.07) is 15.3. The number of amides is 3. The molecule has 1 atom stereocenters. The van der Waals surface area contributed by atoms with E-state index in [0.717, 1.165) is 17.6 Å². The van der Waals surface area contributed by atoms with Crippen molar-refractivity contribution in [1.29, 1.82) is 0 Å². The number of hydrogen-bond acceptors (Lipinski definition) is 3. The average Bonchev–Trinajstić information content (AvgIpc) is 3.15. The number of benzene rings is 1. The number of carbonyl (C=O) groups is 2. The van der Waals surface area contributed by atoms with Gasteiger partial charge in [-0.2, -0.15) is 0 Å². The molecule has 0 saturated carbocycles. The van der Waals surface area contributed by atoms with Crippen LogP contribution in [0.1, 0.15) is 24.6 Å². The second kappa shape index (κ2) is 6.29. The van der Waals surface area contributed by atoms with Gasteiger partial charge < -0.3 is 9.72 Å². The van der Waals surface area contributed by atoms with Crippen LogP contribution in [-0.2, 0) is 17.8 Å². The SMILES string of the molecule is CC1(CCc2ccccc2)NC(=O)N(Cc2cn3ccccc3n2)C1=O. The first-order chi connectivity index (χ1) is 12.5. The average molecular weight is 348 g/mol. The zero-order chi connectivity index (χ0) is 18.1. The number of hydrogen-bond donors (Lipinski definition) is 1. The fourth-order valence-corrected chi connectivity index (χ4v) is 3.32. The van der Waals surface area contributed by atoms with Gasteiger partial charge in [0.15, 0.2) is 0 Å². The van der Waals surface area contributed by atoms with Crippen LogP contribution >= 0.6 is 0 Å². The van der Waals surface area contributed by atoms with Crippen molar-refractivity contribution in [2.24, 2.45) is 0 Å². The molecule has 1 saturated heterocycles. The van der Waals surface area contributed by atoms with Gasteiger partial charge in [0, 0.05) is 12.4 Å². The monoisotopic (exact) mass is 348 g/mol. The number of carbonyl (C=O) groups excluding carboxylic acids is 2. The number of fused-ring (bicyclic) bond motifs is 1. The summed E-state index contributed by atoms with van der Waals surface area (Å²) in [7, 11) is 0. The van der Waals surface area contributed by atoms with Crippen molar-refractivity contribution in [2.75, 3.05) is 0 Å². The Kier molecular flexibility index (Phi) is 3.95. The lowest BCUT2D eigenvalue weighted by Gasteiger charge is -2.21. The van der Waals surface area contributed by atoms with E-state index in [-0.39, 0.29) is 18.5 Å². The summed E-state index contributed by atoms with van der Waals surface area (Å²) in [5, 5.41) is 2.86. The Morgan fingerprint density at radius 2 is 1.85 bits per heavy atom. The standard InChI is InChI=1S/C20H20N4O2/c1-20(11-10-15-7-3-2-4-8-15)18(25)24(19(26)22-20)14-16-13-23-12-6-5-9-17(23)21-16/h2-9,12-13H,10-11,14H2,1H3,(H,22,26). The molecule has 1 fully saturated rings. The van der Waals surface area contributed by atoms with Gasteiger partial charge in [-0.05, 0) is 37.5 Å². The minimum Gasteiger partial charge on any atom is -0.323 e. The van der Waals surface area contributed by atoms with Crippen LogP contribution < -0.4 is 5.32 Å². The van der Waals surface area contributed by atoms with E-state index in [1.165, 1.54) is 4.90 Å². The van der Waals surface area contributed by atoms with E-state index < -0.39 is 5.54 Å². The Balaban J connectivity index is 1.49. The van der Waals surface area contributed by atoms with E-state index in [1.807, 2.05) is 65.3 Å². The maximum atomic E-state index is 12.9. The van der Waals surface area contributed by atoms with Crippen LogP contribution in [0.25, 0.3) is 5.65 Å². The van der Waals surface area contributed by atoms with Crippen molar-refractivity contribution in [3.05, 3.63) is 72.2 Å². The molecule has 3 aromatic rings. The predicted octanol–water partition coefficient (Wildman–Crippen LogP) is 2.78. The molecule has 3 heterocycles. The molecule has 0 bridgehead atoms. The first kappa shape index (κ1) is 16.3. The normalized spacial score (nSPS) is 20.0. The van der Waals surface area contributed by atoms with Crippen LogP contribution in [-0.4, -0.2) is 31.8 Å². The minimum absolute atomic E-state index is 0.174. The van der Waals surface area contributed by atoms with Crippen molar-refractivity contribution >= 4 is 17.6 Å². The predicted molar refractivity (Wildman–Crippen MR) is 97.4 cm³/mol. The Hall–Kier alpha value is -3.15. The van der Waals surface area contributed by atoms with Gasteiger partial charge in [-0.3, -0.25) is 9.69 Å². The van der Waals surface area contributed by atoms with Gasteiger partial charge in [0.05, 0.1) is 12.2 Å². The molecule has 1 aromatic carbocycles. The second-order valence-corrected chi connectivity index (χ2v) is 6.84. The number of aryl methyl sites for hydroxylation is 1. The van der Waals surface area contributed by atoms with Crippen molar-refractivity contribution in [3.63, 3.8) is 0 Å². The number of rotatable bonds is 5. The molecule has 132 valence electrons. The topological polar surface area (TPSA) is 66.7 Å². The Labute approximate surface area is 151 Å².